The summed E-state index contributed by atoms with van der Waals surface area (Å²) in [5, 5.41) is 3.69. The largest absolute Gasteiger partial charge is 0.467 e. The van der Waals surface area contributed by atoms with Gasteiger partial charge in [-0.05, 0) is 104 Å². The Morgan fingerprint density at radius 1 is 0.550 bits per heavy atom. The average Bonchev–Trinajstić information content (AvgIpc) is 2.83. The van der Waals surface area contributed by atoms with Crippen LogP contribution in [0.4, 0.5) is 0 Å². The minimum absolute atomic E-state index is 0.0315. The second kappa shape index (κ2) is 12.6. The second-order valence-electron chi connectivity index (χ2n) is 13.0. The van der Waals surface area contributed by atoms with E-state index >= 15 is 0 Å². The van der Waals surface area contributed by atoms with Gasteiger partial charge in [-0.2, -0.15) is 0 Å². The Balaban J connectivity index is 2.57. The molecule has 3 aromatic rings. The highest BCUT2D eigenvalue weighted by Gasteiger charge is 2.32. The average molecular weight is 565 g/mol. The van der Waals surface area contributed by atoms with Gasteiger partial charge < -0.3 is 18.9 Å². The maximum atomic E-state index is 6.39. The fourth-order valence-electron chi connectivity index (χ4n) is 5.22. The Labute approximate surface area is 244 Å². The molecule has 0 aliphatic heterocycles. The van der Waals surface area contributed by atoms with Gasteiger partial charge in [0.15, 0.2) is 13.6 Å². The molecule has 0 heterocycles. The molecule has 40 heavy (non-hydrogen) atoms. The summed E-state index contributed by atoms with van der Waals surface area (Å²) in [4.78, 5) is 0. The molecule has 0 saturated carbocycles. The van der Waals surface area contributed by atoms with Gasteiger partial charge in [0.25, 0.3) is 0 Å². The summed E-state index contributed by atoms with van der Waals surface area (Å²) in [6.07, 6.45) is 0. The normalized spacial score (nSPS) is 12.2. The molecule has 0 spiro atoms. The lowest BCUT2D eigenvalue weighted by atomic mass is 9.86. The standard InChI is InChI=1S/C35H49O4P/c1-22-14-25(4)33(26(5)15-22)40(29-18-27(34(6,7)8)16-23(2)31(29)38-20-36-12)30-19-28(35(9,10)11)17-24(3)32(30)39-21-37-13/h14-19H,20-21H2,1-13H3. The van der Waals surface area contributed by atoms with Crippen molar-refractivity contribution in [2.45, 2.75) is 87.0 Å². The molecule has 3 rings (SSSR count). The van der Waals surface area contributed by atoms with Gasteiger partial charge >= 0.3 is 0 Å². The molecule has 0 atom stereocenters. The van der Waals surface area contributed by atoms with E-state index in [-0.39, 0.29) is 24.4 Å². The first-order chi connectivity index (χ1) is 18.6. The third-order valence-electron chi connectivity index (χ3n) is 7.23. The van der Waals surface area contributed by atoms with E-state index in [4.69, 9.17) is 18.9 Å². The zero-order valence-corrected chi connectivity index (χ0v) is 27.9. The molecule has 0 saturated heterocycles. The molecule has 0 N–H and O–H groups in total. The maximum absolute atomic E-state index is 6.39. The molecule has 5 heteroatoms. The Morgan fingerprint density at radius 2 is 0.925 bits per heavy atom. The molecule has 0 aliphatic rings. The summed E-state index contributed by atoms with van der Waals surface area (Å²) in [5.41, 5.74) is 8.53. The zero-order valence-electron chi connectivity index (χ0n) is 27.0. The van der Waals surface area contributed by atoms with E-state index < -0.39 is 7.92 Å². The topological polar surface area (TPSA) is 36.9 Å². The third-order valence-corrected chi connectivity index (χ3v) is 10.0. The van der Waals surface area contributed by atoms with Crippen molar-refractivity contribution in [3.63, 3.8) is 0 Å². The van der Waals surface area contributed by atoms with Crippen LogP contribution in [0.2, 0.25) is 0 Å². The highest BCUT2D eigenvalue weighted by atomic mass is 31.1. The van der Waals surface area contributed by atoms with Gasteiger partial charge in [0, 0.05) is 24.8 Å². The summed E-state index contributed by atoms with van der Waals surface area (Å²) in [5.74, 6) is 1.77. The zero-order chi connectivity index (χ0) is 30.0. The highest BCUT2D eigenvalue weighted by Crippen LogP contribution is 2.45. The van der Waals surface area contributed by atoms with Gasteiger partial charge in [0.2, 0.25) is 0 Å². The van der Waals surface area contributed by atoms with E-state index in [0.717, 1.165) is 22.6 Å². The monoisotopic (exact) mass is 564 g/mol. The van der Waals surface area contributed by atoms with Crippen LogP contribution < -0.4 is 25.4 Å². The van der Waals surface area contributed by atoms with Crippen LogP contribution in [0.25, 0.3) is 0 Å². The van der Waals surface area contributed by atoms with Crippen molar-refractivity contribution in [2.24, 2.45) is 0 Å². The van der Waals surface area contributed by atoms with Crippen molar-refractivity contribution < 1.29 is 18.9 Å². The van der Waals surface area contributed by atoms with Crippen molar-refractivity contribution >= 4 is 23.8 Å². The number of rotatable bonds is 9. The summed E-state index contributed by atoms with van der Waals surface area (Å²) in [6, 6.07) is 13.8. The van der Waals surface area contributed by atoms with Gasteiger partial charge in [-0.25, -0.2) is 0 Å². The first kappa shape index (κ1) is 32.1. The van der Waals surface area contributed by atoms with Crippen LogP contribution in [0.5, 0.6) is 11.5 Å². The number of methoxy groups -OCH3 is 2. The Morgan fingerprint density at radius 3 is 1.25 bits per heavy atom. The van der Waals surface area contributed by atoms with Crippen molar-refractivity contribution in [1.29, 1.82) is 0 Å². The molecule has 0 radical (unpaired) electrons. The summed E-state index contributed by atoms with van der Waals surface area (Å²) >= 11 is 0. The van der Waals surface area contributed by atoms with E-state index in [9.17, 15) is 0 Å². The predicted octanol–water partition coefficient (Wildman–Crippen LogP) is 7.55. The lowest BCUT2D eigenvalue weighted by Gasteiger charge is -2.32. The molecule has 0 aromatic heterocycles. The van der Waals surface area contributed by atoms with Crippen LogP contribution in [0.3, 0.4) is 0 Å². The van der Waals surface area contributed by atoms with Gasteiger partial charge in [0.05, 0.1) is 0 Å². The van der Waals surface area contributed by atoms with Gasteiger partial charge in [0.1, 0.15) is 11.5 Å². The Bertz CT molecular complexity index is 1250. The van der Waals surface area contributed by atoms with Crippen molar-refractivity contribution in [3.8, 4) is 11.5 Å². The fraction of sp³-hybridized carbons (Fsp3) is 0.486. The molecule has 0 amide bonds. The number of hydrogen-bond acceptors (Lipinski definition) is 4. The molecule has 0 aliphatic carbocycles. The number of ether oxygens (including phenoxy) is 4. The predicted molar refractivity (Wildman–Crippen MR) is 171 cm³/mol. The van der Waals surface area contributed by atoms with Crippen LogP contribution in [-0.4, -0.2) is 27.8 Å². The van der Waals surface area contributed by atoms with E-state index in [2.05, 4.69) is 113 Å². The first-order valence-corrected chi connectivity index (χ1v) is 15.4. The fourth-order valence-corrected chi connectivity index (χ4v) is 8.22. The number of hydrogen-bond donors (Lipinski definition) is 0. The van der Waals surface area contributed by atoms with Crippen molar-refractivity contribution in [1.82, 2.24) is 0 Å². The second-order valence-corrected chi connectivity index (χ2v) is 15.0. The number of aryl methyl sites for hydroxylation is 5. The summed E-state index contributed by atoms with van der Waals surface area (Å²) in [6.45, 7) is 24.9. The molecule has 0 bridgehead atoms. The molecular formula is C35H49O4P. The molecule has 0 unspecified atom stereocenters. The minimum Gasteiger partial charge on any atom is -0.467 e. The van der Waals surface area contributed by atoms with Gasteiger partial charge in [-0.3, -0.25) is 0 Å². The molecule has 218 valence electrons. The van der Waals surface area contributed by atoms with Gasteiger partial charge in [-0.1, -0.05) is 71.4 Å². The van der Waals surface area contributed by atoms with E-state index in [1.807, 2.05) is 0 Å². The molecule has 0 fully saturated rings. The van der Waals surface area contributed by atoms with E-state index in [0.29, 0.717) is 0 Å². The smallest absolute Gasteiger partial charge is 0.188 e. The minimum atomic E-state index is -1.09. The first-order valence-electron chi connectivity index (χ1n) is 14.0. The molecular weight excluding hydrogens is 515 g/mol. The van der Waals surface area contributed by atoms with Crippen LogP contribution >= 0.6 is 7.92 Å². The third kappa shape index (κ3) is 7.08. The van der Waals surface area contributed by atoms with Gasteiger partial charge in [-0.15, -0.1) is 0 Å². The molecule has 4 nitrogen and oxygen atoms in total. The van der Waals surface area contributed by atoms with Crippen LogP contribution in [-0.2, 0) is 20.3 Å². The van der Waals surface area contributed by atoms with Crippen molar-refractivity contribution in [2.75, 3.05) is 27.8 Å². The maximum Gasteiger partial charge on any atom is 0.188 e. The number of benzene rings is 3. The van der Waals surface area contributed by atoms with E-state index in [1.165, 1.54) is 43.7 Å². The molecule has 3 aromatic carbocycles. The van der Waals surface area contributed by atoms with E-state index in [1.54, 1.807) is 14.2 Å². The Hall–Kier alpha value is -2.39. The quantitative estimate of drug-likeness (QED) is 0.199. The Kier molecular flexibility index (Phi) is 10.2. The highest BCUT2D eigenvalue weighted by molar-refractivity contribution is 7.80. The van der Waals surface area contributed by atoms with Crippen LogP contribution in [0, 0.1) is 34.6 Å². The summed E-state index contributed by atoms with van der Waals surface area (Å²) in [7, 11) is 2.24. The van der Waals surface area contributed by atoms with Crippen molar-refractivity contribution in [3.05, 3.63) is 75.3 Å². The van der Waals surface area contributed by atoms with Crippen LogP contribution in [0.15, 0.2) is 36.4 Å². The SMILES string of the molecule is COCOc1c(C)cc(C(C)(C)C)cc1P(c1cc(C(C)(C)C)cc(C)c1OCOC)c1c(C)cc(C)cc1C. The lowest BCUT2D eigenvalue weighted by molar-refractivity contribution is 0.0513. The summed E-state index contributed by atoms with van der Waals surface area (Å²) < 4.78 is 23.6. The lowest BCUT2D eigenvalue weighted by Crippen LogP contribution is -2.30. The van der Waals surface area contributed by atoms with Crippen LogP contribution in [0.1, 0.15) is 80.5 Å².